The van der Waals surface area contributed by atoms with Crippen LogP contribution in [-0.4, -0.2) is 42.4 Å². The van der Waals surface area contributed by atoms with Crippen LogP contribution in [-0.2, 0) is 0 Å². The fourth-order valence-electron chi connectivity index (χ4n) is 3.66. The van der Waals surface area contributed by atoms with E-state index in [-0.39, 0.29) is 12.1 Å². The van der Waals surface area contributed by atoms with Crippen LogP contribution in [0.5, 0.6) is 0 Å². The Bertz CT molecular complexity index is 514. The third-order valence-corrected chi connectivity index (χ3v) is 4.99. The number of piperidine rings is 1. The number of benzene rings is 1. The van der Waals surface area contributed by atoms with Crippen LogP contribution in [0.3, 0.4) is 0 Å². The summed E-state index contributed by atoms with van der Waals surface area (Å²) in [4.78, 5) is 14.4. The SMILES string of the molecule is O=C(NCC1(O)CCCC1)NC1CCCN(c2ccccc2)C1. The fraction of sp³-hybridized carbons (Fsp3) is 0.611. The Kier molecular flexibility index (Phi) is 5.06. The number of nitrogens with one attached hydrogen (secondary N) is 2. The highest BCUT2D eigenvalue weighted by atomic mass is 16.3. The van der Waals surface area contributed by atoms with E-state index in [2.05, 4.69) is 27.7 Å². The van der Waals surface area contributed by atoms with Crippen LogP contribution >= 0.6 is 0 Å². The Morgan fingerprint density at radius 1 is 1.22 bits per heavy atom. The molecule has 5 heteroatoms. The minimum absolute atomic E-state index is 0.155. The average Bonchev–Trinajstić information content (AvgIpc) is 3.01. The zero-order valence-electron chi connectivity index (χ0n) is 13.6. The fourth-order valence-corrected chi connectivity index (χ4v) is 3.66. The molecule has 1 atom stereocenters. The maximum Gasteiger partial charge on any atom is 0.315 e. The molecule has 126 valence electrons. The first-order valence-electron chi connectivity index (χ1n) is 8.71. The molecule has 1 unspecified atom stereocenters. The third kappa shape index (κ3) is 4.38. The van der Waals surface area contributed by atoms with Gasteiger partial charge < -0.3 is 20.6 Å². The molecule has 2 fully saturated rings. The van der Waals surface area contributed by atoms with Crippen molar-refractivity contribution in [2.45, 2.75) is 50.2 Å². The van der Waals surface area contributed by atoms with Crippen LogP contribution in [0.1, 0.15) is 38.5 Å². The number of hydrogen-bond acceptors (Lipinski definition) is 3. The number of para-hydroxylation sites is 1. The lowest BCUT2D eigenvalue weighted by Crippen LogP contribution is -2.52. The van der Waals surface area contributed by atoms with Crippen LogP contribution in [0.15, 0.2) is 30.3 Å². The smallest absolute Gasteiger partial charge is 0.315 e. The molecule has 1 aliphatic carbocycles. The van der Waals surface area contributed by atoms with Crippen molar-refractivity contribution < 1.29 is 9.90 Å². The van der Waals surface area contributed by atoms with Gasteiger partial charge in [0.25, 0.3) is 0 Å². The first kappa shape index (κ1) is 16.1. The molecule has 2 amide bonds. The van der Waals surface area contributed by atoms with Gasteiger partial charge in [-0.05, 0) is 37.8 Å². The van der Waals surface area contributed by atoms with Gasteiger partial charge in [0, 0.05) is 31.4 Å². The topological polar surface area (TPSA) is 64.6 Å². The lowest BCUT2D eigenvalue weighted by atomic mass is 10.0. The Labute approximate surface area is 138 Å². The van der Waals surface area contributed by atoms with Gasteiger partial charge in [0.1, 0.15) is 0 Å². The summed E-state index contributed by atoms with van der Waals surface area (Å²) in [5.74, 6) is 0. The summed E-state index contributed by atoms with van der Waals surface area (Å²) >= 11 is 0. The molecule has 0 radical (unpaired) electrons. The molecular formula is C18H27N3O2. The second kappa shape index (κ2) is 7.21. The highest BCUT2D eigenvalue weighted by Crippen LogP contribution is 2.28. The Hall–Kier alpha value is -1.75. The van der Waals surface area contributed by atoms with Crippen molar-refractivity contribution in [1.29, 1.82) is 0 Å². The quantitative estimate of drug-likeness (QED) is 0.798. The van der Waals surface area contributed by atoms with Gasteiger partial charge in [-0.3, -0.25) is 0 Å². The van der Waals surface area contributed by atoms with Gasteiger partial charge >= 0.3 is 6.03 Å². The van der Waals surface area contributed by atoms with E-state index in [0.29, 0.717) is 6.54 Å². The van der Waals surface area contributed by atoms with Gasteiger partial charge in [-0.15, -0.1) is 0 Å². The van der Waals surface area contributed by atoms with Crippen molar-refractivity contribution >= 4 is 11.7 Å². The summed E-state index contributed by atoms with van der Waals surface area (Å²) in [5.41, 5.74) is 0.514. The zero-order chi connectivity index (χ0) is 16.1. The lowest BCUT2D eigenvalue weighted by molar-refractivity contribution is 0.0500. The lowest BCUT2D eigenvalue weighted by Gasteiger charge is -2.35. The van der Waals surface area contributed by atoms with Crippen molar-refractivity contribution in [3.8, 4) is 0 Å². The predicted octanol–water partition coefficient (Wildman–Crippen LogP) is 2.26. The predicted molar refractivity (Wildman–Crippen MR) is 91.6 cm³/mol. The number of amides is 2. The van der Waals surface area contributed by atoms with Gasteiger partial charge in [0.05, 0.1) is 5.60 Å². The van der Waals surface area contributed by atoms with E-state index in [9.17, 15) is 9.90 Å². The molecule has 1 heterocycles. The molecule has 1 aliphatic heterocycles. The maximum absolute atomic E-state index is 12.1. The van der Waals surface area contributed by atoms with E-state index in [1.165, 1.54) is 5.69 Å². The van der Waals surface area contributed by atoms with Crippen LogP contribution in [0, 0.1) is 0 Å². The zero-order valence-corrected chi connectivity index (χ0v) is 13.6. The summed E-state index contributed by atoms with van der Waals surface area (Å²) < 4.78 is 0. The van der Waals surface area contributed by atoms with Crippen molar-refractivity contribution in [1.82, 2.24) is 10.6 Å². The van der Waals surface area contributed by atoms with E-state index < -0.39 is 5.60 Å². The van der Waals surface area contributed by atoms with Crippen LogP contribution < -0.4 is 15.5 Å². The number of urea groups is 1. The standard InChI is InChI=1S/C18H27N3O2/c22-17(19-14-18(23)10-4-5-11-18)20-15-7-6-12-21(13-15)16-8-2-1-3-9-16/h1-3,8-9,15,23H,4-7,10-14H2,(H2,19,20,22). The first-order valence-corrected chi connectivity index (χ1v) is 8.71. The van der Waals surface area contributed by atoms with E-state index in [0.717, 1.165) is 51.6 Å². The largest absolute Gasteiger partial charge is 0.388 e. The number of hydrogen-bond donors (Lipinski definition) is 3. The molecule has 23 heavy (non-hydrogen) atoms. The van der Waals surface area contributed by atoms with Crippen molar-refractivity contribution in [2.75, 3.05) is 24.5 Å². The van der Waals surface area contributed by atoms with E-state index in [4.69, 9.17) is 0 Å². The summed E-state index contributed by atoms with van der Waals surface area (Å²) in [7, 11) is 0. The van der Waals surface area contributed by atoms with Gasteiger partial charge in [0.15, 0.2) is 0 Å². The second-order valence-electron chi connectivity index (χ2n) is 6.88. The third-order valence-electron chi connectivity index (χ3n) is 4.99. The van der Waals surface area contributed by atoms with Crippen molar-refractivity contribution in [2.24, 2.45) is 0 Å². The summed E-state index contributed by atoms with van der Waals surface area (Å²) in [6.45, 7) is 2.22. The van der Waals surface area contributed by atoms with E-state index >= 15 is 0 Å². The molecule has 1 aromatic rings. The molecule has 1 saturated heterocycles. The molecule has 3 N–H and O–H groups in total. The minimum atomic E-state index is -0.694. The summed E-state index contributed by atoms with van der Waals surface area (Å²) in [6, 6.07) is 10.3. The minimum Gasteiger partial charge on any atom is -0.388 e. The summed E-state index contributed by atoms with van der Waals surface area (Å²) in [6.07, 6.45) is 5.75. The Morgan fingerprint density at radius 3 is 2.70 bits per heavy atom. The number of rotatable bonds is 4. The Morgan fingerprint density at radius 2 is 1.96 bits per heavy atom. The first-order chi connectivity index (χ1) is 11.1. The molecular weight excluding hydrogens is 290 g/mol. The number of aliphatic hydroxyl groups is 1. The van der Waals surface area contributed by atoms with Crippen molar-refractivity contribution in [3.63, 3.8) is 0 Å². The number of carbonyl (C=O) groups excluding carboxylic acids is 1. The van der Waals surface area contributed by atoms with Crippen LogP contribution in [0.4, 0.5) is 10.5 Å². The molecule has 5 nitrogen and oxygen atoms in total. The monoisotopic (exact) mass is 317 g/mol. The molecule has 3 rings (SSSR count). The van der Waals surface area contributed by atoms with Crippen LogP contribution in [0.25, 0.3) is 0 Å². The maximum atomic E-state index is 12.1. The molecule has 0 bridgehead atoms. The number of carbonyl (C=O) groups is 1. The highest BCUT2D eigenvalue weighted by molar-refractivity contribution is 5.74. The molecule has 1 aromatic carbocycles. The van der Waals surface area contributed by atoms with E-state index in [1.54, 1.807) is 0 Å². The normalized spacial score (nSPS) is 23.5. The van der Waals surface area contributed by atoms with E-state index in [1.807, 2.05) is 18.2 Å². The van der Waals surface area contributed by atoms with Gasteiger partial charge in [-0.25, -0.2) is 4.79 Å². The number of anilines is 1. The Balaban J connectivity index is 1.46. The van der Waals surface area contributed by atoms with Crippen LogP contribution in [0.2, 0.25) is 0 Å². The molecule has 0 aromatic heterocycles. The summed E-state index contributed by atoms with van der Waals surface area (Å²) in [5, 5.41) is 16.2. The second-order valence-corrected chi connectivity index (χ2v) is 6.88. The van der Waals surface area contributed by atoms with Gasteiger partial charge in [-0.2, -0.15) is 0 Å². The van der Waals surface area contributed by atoms with Crippen molar-refractivity contribution in [3.05, 3.63) is 30.3 Å². The number of nitrogens with zero attached hydrogens (tertiary/aromatic N) is 1. The molecule has 2 aliphatic rings. The molecule has 1 saturated carbocycles. The molecule has 0 spiro atoms. The average molecular weight is 317 g/mol. The van der Waals surface area contributed by atoms with Gasteiger partial charge in [-0.1, -0.05) is 31.0 Å². The highest BCUT2D eigenvalue weighted by Gasteiger charge is 2.31. The van der Waals surface area contributed by atoms with Gasteiger partial charge in [0.2, 0.25) is 0 Å².